The molecule has 0 fully saturated rings. The van der Waals surface area contributed by atoms with Crippen LogP contribution in [0.5, 0.6) is 0 Å². The van der Waals surface area contributed by atoms with Crippen LogP contribution in [0.25, 0.3) is 99.8 Å². The summed E-state index contributed by atoms with van der Waals surface area (Å²) in [6.07, 6.45) is 0. The number of nitrogens with zero attached hydrogens (tertiary/aromatic N) is 3. The summed E-state index contributed by atoms with van der Waals surface area (Å²) >= 11 is 0. The van der Waals surface area contributed by atoms with Crippen LogP contribution in [-0.4, -0.2) is 14.1 Å². The third-order valence-corrected chi connectivity index (χ3v) is 10.5. The monoisotopic (exact) mass is 677 g/mol. The van der Waals surface area contributed by atoms with Crippen LogP contribution in [-0.2, 0) is 0 Å². The Balaban J connectivity index is 1.14. The van der Waals surface area contributed by atoms with E-state index in [0.717, 1.165) is 77.9 Å². The molecule has 11 rings (SSSR count). The highest BCUT2D eigenvalue weighted by Gasteiger charge is 2.19. The molecule has 0 amide bonds. The Bertz CT molecular complexity index is 3170. The molecule has 0 bridgehead atoms. The van der Waals surface area contributed by atoms with Gasteiger partial charge >= 0.3 is 0 Å². The first-order valence-electron chi connectivity index (χ1n) is 18.0. The average molecular weight is 678 g/mol. The van der Waals surface area contributed by atoms with Gasteiger partial charge in [0.25, 0.3) is 0 Å². The van der Waals surface area contributed by atoms with Gasteiger partial charge in [0.1, 0.15) is 17.0 Å². The third kappa shape index (κ3) is 4.66. The van der Waals surface area contributed by atoms with Crippen molar-refractivity contribution in [2.45, 2.75) is 0 Å². The highest BCUT2D eigenvalue weighted by molar-refractivity contribution is 6.14. The maximum absolute atomic E-state index is 6.49. The second kappa shape index (κ2) is 11.7. The summed E-state index contributed by atoms with van der Waals surface area (Å²) < 4.78 is 11.1. The van der Waals surface area contributed by atoms with Crippen LogP contribution in [0.15, 0.2) is 192 Å². The van der Waals surface area contributed by atoms with E-state index in [1.54, 1.807) is 0 Å². The van der Waals surface area contributed by atoms with Gasteiger partial charge in [-0.3, -0.25) is 4.57 Å². The minimum absolute atomic E-state index is 0.904. The van der Waals surface area contributed by atoms with E-state index in [4.69, 9.17) is 9.40 Å². The summed E-state index contributed by atoms with van der Waals surface area (Å²) in [5, 5.41) is 4.65. The van der Waals surface area contributed by atoms with Gasteiger partial charge in [-0.25, -0.2) is 4.98 Å². The third-order valence-electron chi connectivity index (χ3n) is 10.5. The lowest BCUT2D eigenvalue weighted by atomic mass is 9.99. The van der Waals surface area contributed by atoms with E-state index >= 15 is 0 Å². The fraction of sp³-hybridized carbons (Fsp3) is 0. The summed E-state index contributed by atoms with van der Waals surface area (Å²) in [6.45, 7) is 0. The molecule has 0 aliphatic heterocycles. The molecule has 4 nitrogen and oxygen atoms in total. The van der Waals surface area contributed by atoms with E-state index in [-0.39, 0.29) is 0 Å². The van der Waals surface area contributed by atoms with Gasteiger partial charge < -0.3 is 8.98 Å². The van der Waals surface area contributed by atoms with Gasteiger partial charge in [-0.15, -0.1) is 0 Å². The SMILES string of the molecule is c1ccc(-c2ccc3c(c2)c2cc(-c4cccc5c4oc4ccccc45)ccc2n3-c2cccc(-c3nc4ccccc4n3-c3ccccc3)c2)cc1. The molecule has 3 aromatic heterocycles. The smallest absolute Gasteiger partial charge is 0.145 e. The minimum Gasteiger partial charge on any atom is -0.455 e. The molecule has 0 saturated carbocycles. The van der Waals surface area contributed by atoms with Crippen molar-refractivity contribution in [3.8, 4) is 45.0 Å². The molecular weight excluding hydrogens is 647 g/mol. The topological polar surface area (TPSA) is 35.9 Å². The molecule has 0 atom stereocenters. The van der Waals surface area contributed by atoms with Crippen molar-refractivity contribution in [2.75, 3.05) is 0 Å². The second-order valence-corrected chi connectivity index (χ2v) is 13.6. The lowest BCUT2D eigenvalue weighted by Crippen LogP contribution is -1.99. The lowest BCUT2D eigenvalue weighted by Gasteiger charge is -2.13. The Hall–Kier alpha value is -7.17. The maximum Gasteiger partial charge on any atom is 0.145 e. The molecule has 248 valence electrons. The predicted molar refractivity (Wildman–Crippen MR) is 219 cm³/mol. The molecule has 3 heterocycles. The first-order valence-corrected chi connectivity index (χ1v) is 18.0. The van der Waals surface area contributed by atoms with Crippen molar-refractivity contribution in [1.82, 2.24) is 14.1 Å². The molecule has 0 radical (unpaired) electrons. The highest BCUT2D eigenvalue weighted by Crippen LogP contribution is 2.41. The standard InChI is InChI=1S/C49H31N3O/c1-3-13-32(14-4-1)33-25-27-44-41(30-33)42-31-34(38-20-12-21-40-39-19-7-10-24-47(39)53-48(38)40)26-28-45(42)51(44)37-18-11-15-35(29-37)49-50-43-22-8-9-23-46(43)52(49)36-16-5-2-6-17-36/h1-31H. The quantitative estimate of drug-likeness (QED) is 0.182. The van der Waals surface area contributed by atoms with Crippen LogP contribution < -0.4 is 0 Å². The van der Waals surface area contributed by atoms with Crippen LogP contribution in [0.2, 0.25) is 0 Å². The number of aromatic nitrogens is 3. The van der Waals surface area contributed by atoms with Crippen molar-refractivity contribution >= 4 is 54.8 Å². The molecule has 0 saturated heterocycles. The van der Waals surface area contributed by atoms with E-state index < -0.39 is 0 Å². The molecule has 0 N–H and O–H groups in total. The maximum atomic E-state index is 6.49. The van der Waals surface area contributed by atoms with Crippen LogP contribution in [0.4, 0.5) is 0 Å². The van der Waals surface area contributed by atoms with Crippen molar-refractivity contribution in [3.63, 3.8) is 0 Å². The van der Waals surface area contributed by atoms with Crippen molar-refractivity contribution in [1.29, 1.82) is 0 Å². The summed E-state index contributed by atoms with van der Waals surface area (Å²) in [5.74, 6) is 0.910. The molecular formula is C49H31N3O. The van der Waals surface area contributed by atoms with Gasteiger partial charge in [0.15, 0.2) is 0 Å². The van der Waals surface area contributed by atoms with Crippen LogP contribution in [0, 0.1) is 0 Å². The van der Waals surface area contributed by atoms with Crippen molar-refractivity contribution < 1.29 is 4.42 Å². The molecule has 0 unspecified atom stereocenters. The molecule has 8 aromatic carbocycles. The fourth-order valence-electron chi connectivity index (χ4n) is 8.10. The number of rotatable bonds is 5. The average Bonchev–Trinajstić information content (AvgIpc) is 3.91. The summed E-state index contributed by atoms with van der Waals surface area (Å²) in [7, 11) is 0. The Labute approximate surface area is 305 Å². The number of imidazole rings is 1. The van der Waals surface area contributed by atoms with Crippen molar-refractivity contribution in [3.05, 3.63) is 188 Å². The summed E-state index contributed by atoms with van der Waals surface area (Å²) in [4.78, 5) is 5.18. The molecule has 11 aromatic rings. The first kappa shape index (κ1) is 29.5. The van der Waals surface area contributed by atoms with Gasteiger partial charge in [-0.1, -0.05) is 121 Å². The van der Waals surface area contributed by atoms with Crippen molar-refractivity contribution in [2.24, 2.45) is 0 Å². The van der Waals surface area contributed by atoms with E-state index in [0.29, 0.717) is 0 Å². The van der Waals surface area contributed by atoms with E-state index in [9.17, 15) is 0 Å². The number of furan rings is 1. The number of para-hydroxylation sites is 5. The largest absolute Gasteiger partial charge is 0.455 e. The summed E-state index contributed by atoms with van der Waals surface area (Å²) in [6, 6.07) is 66.7. The minimum atomic E-state index is 0.904. The Morgan fingerprint density at radius 1 is 0.377 bits per heavy atom. The predicted octanol–water partition coefficient (Wildman–Crippen LogP) is 13.0. The molecule has 53 heavy (non-hydrogen) atoms. The first-order chi connectivity index (χ1) is 26.3. The van der Waals surface area contributed by atoms with Crippen LogP contribution in [0.1, 0.15) is 0 Å². The van der Waals surface area contributed by atoms with E-state index in [2.05, 4.69) is 185 Å². The zero-order valence-corrected chi connectivity index (χ0v) is 28.6. The number of benzene rings is 8. The zero-order valence-electron chi connectivity index (χ0n) is 28.6. The second-order valence-electron chi connectivity index (χ2n) is 13.6. The van der Waals surface area contributed by atoms with E-state index in [1.165, 1.54) is 21.9 Å². The molecule has 0 aliphatic carbocycles. The molecule has 0 spiro atoms. The molecule has 4 heteroatoms. The normalized spacial score (nSPS) is 11.8. The summed E-state index contributed by atoms with van der Waals surface area (Å²) in [5.41, 5.74) is 13.9. The van der Waals surface area contributed by atoms with Crippen LogP contribution >= 0.6 is 0 Å². The number of hydrogen-bond acceptors (Lipinski definition) is 2. The number of hydrogen-bond donors (Lipinski definition) is 0. The van der Waals surface area contributed by atoms with Gasteiger partial charge in [0.2, 0.25) is 0 Å². The van der Waals surface area contributed by atoms with Gasteiger partial charge in [0, 0.05) is 44.0 Å². The highest BCUT2D eigenvalue weighted by atomic mass is 16.3. The Morgan fingerprint density at radius 2 is 1.02 bits per heavy atom. The molecule has 0 aliphatic rings. The zero-order chi connectivity index (χ0) is 34.9. The van der Waals surface area contributed by atoms with Crippen LogP contribution in [0.3, 0.4) is 0 Å². The lowest BCUT2D eigenvalue weighted by molar-refractivity contribution is 0.670. The fourth-order valence-corrected chi connectivity index (χ4v) is 8.10. The van der Waals surface area contributed by atoms with Gasteiger partial charge in [-0.05, 0) is 83.4 Å². The van der Waals surface area contributed by atoms with Gasteiger partial charge in [-0.2, -0.15) is 0 Å². The Kier molecular flexibility index (Phi) is 6.52. The number of fused-ring (bicyclic) bond motifs is 7. The van der Waals surface area contributed by atoms with Gasteiger partial charge in [0.05, 0.1) is 22.1 Å². The Morgan fingerprint density at radius 3 is 1.87 bits per heavy atom. The van der Waals surface area contributed by atoms with E-state index in [1.807, 2.05) is 12.1 Å².